The van der Waals surface area contributed by atoms with Crippen LogP contribution in [-0.2, 0) is 0 Å². The fourth-order valence-corrected chi connectivity index (χ4v) is 2.05. The summed E-state index contributed by atoms with van der Waals surface area (Å²) in [6.07, 6.45) is 0. The van der Waals surface area contributed by atoms with Crippen molar-refractivity contribution in [1.82, 2.24) is 0 Å². The summed E-state index contributed by atoms with van der Waals surface area (Å²) >= 11 is 0. The lowest BCUT2D eigenvalue weighted by atomic mass is 9.94. The van der Waals surface area contributed by atoms with Gasteiger partial charge >= 0.3 is 0 Å². The molecule has 0 N–H and O–H groups in total. The number of hydrogen-bond acceptors (Lipinski definition) is 1. The van der Waals surface area contributed by atoms with Gasteiger partial charge < -0.3 is 0 Å². The van der Waals surface area contributed by atoms with Gasteiger partial charge in [-0.3, -0.25) is 4.79 Å². The van der Waals surface area contributed by atoms with Crippen LogP contribution in [0.2, 0.25) is 0 Å². The van der Waals surface area contributed by atoms with Crippen molar-refractivity contribution in [2.45, 2.75) is 26.7 Å². The van der Waals surface area contributed by atoms with Crippen molar-refractivity contribution >= 4 is 5.78 Å². The fraction of sp³-hybridized carbons (Fsp3) is 0.235. The van der Waals surface area contributed by atoms with Crippen molar-refractivity contribution in [3.63, 3.8) is 0 Å². The van der Waals surface area contributed by atoms with E-state index in [2.05, 4.69) is 19.9 Å². The molecule has 1 heteroatoms. The summed E-state index contributed by atoms with van der Waals surface area (Å²) in [6.45, 7) is 6.32. The molecule has 0 spiro atoms. The van der Waals surface area contributed by atoms with Crippen molar-refractivity contribution in [2.75, 3.05) is 0 Å². The fourth-order valence-electron chi connectivity index (χ4n) is 2.05. The van der Waals surface area contributed by atoms with Crippen LogP contribution in [0.5, 0.6) is 0 Å². The maximum absolute atomic E-state index is 12.3. The van der Waals surface area contributed by atoms with Gasteiger partial charge in [0.1, 0.15) is 0 Å². The molecule has 0 aliphatic carbocycles. The molecule has 0 fully saturated rings. The first-order chi connectivity index (χ1) is 8.59. The minimum atomic E-state index is 0.100. The van der Waals surface area contributed by atoms with E-state index in [4.69, 9.17) is 0 Å². The third kappa shape index (κ3) is 2.51. The Bertz CT molecular complexity index is 553. The van der Waals surface area contributed by atoms with Crippen LogP contribution in [0.3, 0.4) is 0 Å². The first kappa shape index (κ1) is 12.6. The van der Waals surface area contributed by atoms with E-state index in [0.29, 0.717) is 5.92 Å². The molecule has 92 valence electrons. The number of rotatable bonds is 3. The van der Waals surface area contributed by atoms with Gasteiger partial charge in [0.25, 0.3) is 0 Å². The highest BCUT2D eigenvalue weighted by molar-refractivity contribution is 6.09. The average Bonchev–Trinajstić information content (AvgIpc) is 2.38. The highest BCUT2D eigenvalue weighted by atomic mass is 16.1. The Morgan fingerprint density at radius 2 is 1.67 bits per heavy atom. The predicted octanol–water partition coefficient (Wildman–Crippen LogP) is 4.35. The van der Waals surface area contributed by atoms with Gasteiger partial charge in [0, 0.05) is 11.1 Å². The van der Waals surface area contributed by atoms with Crippen molar-refractivity contribution in [1.29, 1.82) is 0 Å². The molecule has 2 rings (SSSR count). The van der Waals surface area contributed by atoms with Gasteiger partial charge in [-0.25, -0.2) is 0 Å². The maximum Gasteiger partial charge on any atom is 0.193 e. The summed E-state index contributed by atoms with van der Waals surface area (Å²) in [5.41, 5.74) is 3.87. The van der Waals surface area contributed by atoms with E-state index in [1.54, 1.807) is 0 Å². The van der Waals surface area contributed by atoms with Gasteiger partial charge in [-0.2, -0.15) is 0 Å². The van der Waals surface area contributed by atoms with E-state index in [-0.39, 0.29) is 5.78 Å². The van der Waals surface area contributed by atoms with Crippen LogP contribution in [0, 0.1) is 6.92 Å². The molecule has 0 unspecified atom stereocenters. The lowest BCUT2D eigenvalue weighted by Crippen LogP contribution is -2.04. The molecule has 0 saturated heterocycles. The number of hydrogen-bond donors (Lipinski definition) is 0. The zero-order valence-corrected chi connectivity index (χ0v) is 11.1. The Morgan fingerprint density at radius 1 is 1.00 bits per heavy atom. The number of ketones is 1. The van der Waals surface area contributed by atoms with Crippen LogP contribution in [0.15, 0.2) is 48.5 Å². The van der Waals surface area contributed by atoms with E-state index in [9.17, 15) is 4.79 Å². The molecule has 18 heavy (non-hydrogen) atoms. The molecule has 0 aromatic heterocycles. The molecule has 1 nitrogen and oxygen atoms in total. The van der Waals surface area contributed by atoms with Crippen molar-refractivity contribution in [3.8, 4) is 0 Å². The second-order valence-electron chi connectivity index (χ2n) is 4.92. The van der Waals surface area contributed by atoms with Gasteiger partial charge in [0.05, 0.1) is 0 Å². The second-order valence-corrected chi connectivity index (χ2v) is 4.92. The molecule has 0 heterocycles. The number of aryl methyl sites for hydroxylation is 1. The normalized spacial score (nSPS) is 10.7. The Hall–Kier alpha value is -1.89. The molecule has 0 bridgehead atoms. The first-order valence-electron chi connectivity index (χ1n) is 6.30. The first-order valence-corrected chi connectivity index (χ1v) is 6.30. The zero-order valence-electron chi connectivity index (χ0n) is 11.1. The molecule has 2 aromatic rings. The highest BCUT2D eigenvalue weighted by Crippen LogP contribution is 2.20. The molecular formula is C17H18O. The van der Waals surface area contributed by atoms with Crippen LogP contribution in [0.25, 0.3) is 0 Å². The Labute approximate surface area is 108 Å². The summed E-state index contributed by atoms with van der Waals surface area (Å²) in [7, 11) is 0. The van der Waals surface area contributed by atoms with E-state index < -0.39 is 0 Å². The third-order valence-corrected chi connectivity index (χ3v) is 3.20. The van der Waals surface area contributed by atoms with Gasteiger partial charge in [-0.1, -0.05) is 62.4 Å². The minimum Gasteiger partial charge on any atom is -0.289 e. The minimum absolute atomic E-state index is 0.100. The molecule has 0 atom stereocenters. The maximum atomic E-state index is 12.3. The summed E-state index contributed by atoms with van der Waals surface area (Å²) < 4.78 is 0. The van der Waals surface area contributed by atoms with E-state index in [0.717, 1.165) is 16.7 Å². The number of carbonyl (C=O) groups excluding carboxylic acids is 1. The smallest absolute Gasteiger partial charge is 0.193 e. The topological polar surface area (TPSA) is 17.1 Å². The average molecular weight is 238 g/mol. The molecule has 0 radical (unpaired) electrons. The monoisotopic (exact) mass is 238 g/mol. The standard InChI is InChI=1S/C17H18O/c1-12(2)15-9-10-16(13(3)11-15)17(18)14-7-5-4-6-8-14/h4-12H,1-3H3. The Kier molecular flexibility index (Phi) is 3.61. The van der Waals surface area contributed by atoms with E-state index in [1.165, 1.54) is 5.56 Å². The van der Waals surface area contributed by atoms with Crippen molar-refractivity contribution < 1.29 is 4.79 Å². The highest BCUT2D eigenvalue weighted by Gasteiger charge is 2.12. The van der Waals surface area contributed by atoms with Crippen LogP contribution >= 0.6 is 0 Å². The summed E-state index contributed by atoms with van der Waals surface area (Å²) in [5, 5.41) is 0. The Balaban J connectivity index is 2.38. The molecule has 0 aliphatic heterocycles. The predicted molar refractivity (Wildman–Crippen MR) is 75.1 cm³/mol. The lowest BCUT2D eigenvalue weighted by Gasteiger charge is -2.10. The third-order valence-electron chi connectivity index (χ3n) is 3.20. The zero-order chi connectivity index (χ0) is 13.1. The van der Waals surface area contributed by atoms with Gasteiger partial charge in [0.15, 0.2) is 5.78 Å². The largest absolute Gasteiger partial charge is 0.289 e. The molecule has 2 aromatic carbocycles. The summed E-state index contributed by atoms with van der Waals surface area (Å²) in [5.74, 6) is 0.591. The number of carbonyl (C=O) groups is 1. The summed E-state index contributed by atoms with van der Waals surface area (Å²) in [4.78, 5) is 12.3. The van der Waals surface area contributed by atoms with Crippen LogP contribution in [0.4, 0.5) is 0 Å². The van der Waals surface area contributed by atoms with Gasteiger partial charge in [0.2, 0.25) is 0 Å². The SMILES string of the molecule is Cc1cc(C(C)C)ccc1C(=O)c1ccccc1. The lowest BCUT2D eigenvalue weighted by molar-refractivity contribution is 0.103. The number of benzene rings is 2. The van der Waals surface area contributed by atoms with Crippen LogP contribution in [-0.4, -0.2) is 5.78 Å². The molecular weight excluding hydrogens is 220 g/mol. The molecule has 0 saturated carbocycles. The molecule has 0 amide bonds. The molecule has 0 aliphatic rings. The van der Waals surface area contributed by atoms with E-state index >= 15 is 0 Å². The van der Waals surface area contributed by atoms with Gasteiger partial charge in [-0.05, 0) is 24.0 Å². The van der Waals surface area contributed by atoms with E-state index in [1.807, 2.05) is 49.4 Å². The van der Waals surface area contributed by atoms with Crippen molar-refractivity contribution in [2.24, 2.45) is 0 Å². The Morgan fingerprint density at radius 3 is 2.22 bits per heavy atom. The second kappa shape index (κ2) is 5.18. The van der Waals surface area contributed by atoms with Crippen LogP contribution < -0.4 is 0 Å². The summed E-state index contributed by atoms with van der Waals surface area (Å²) in [6, 6.07) is 15.5. The quantitative estimate of drug-likeness (QED) is 0.726. The van der Waals surface area contributed by atoms with Crippen LogP contribution in [0.1, 0.15) is 46.8 Å². The van der Waals surface area contributed by atoms with Crippen molar-refractivity contribution in [3.05, 3.63) is 70.8 Å². The van der Waals surface area contributed by atoms with Gasteiger partial charge in [-0.15, -0.1) is 0 Å².